The molecular weight excluding hydrogens is 514 g/mol. The highest BCUT2D eigenvalue weighted by molar-refractivity contribution is 8.15. The molecule has 3 aliphatic heterocycles. The highest BCUT2D eigenvalue weighted by atomic mass is 35.5. The Morgan fingerprint density at radius 2 is 1.89 bits per heavy atom. The molecule has 1 fully saturated rings. The molecule has 3 aromatic carbocycles. The summed E-state index contributed by atoms with van der Waals surface area (Å²) in [7, 11) is 0. The molecule has 0 saturated carbocycles. The lowest BCUT2D eigenvalue weighted by Crippen LogP contribution is -2.33. The molecule has 6 rings (SSSR count). The van der Waals surface area contributed by atoms with E-state index in [4.69, 9.17) is 26.2 Å². The lowest BCUT2D eigenvalue weighted by Gasteiger charge is -2.38. The van der Waals surface area contributed by atoms with Gasteiger partial charge in [-0.2, -0.15) is 5.10 Å². The van der Waals surface area contributed by atoms with Crippen molar-refractivity contribution in [1.29, 1.82) is 0 Å². The van der Waals surface area contributed by atoms with E-state index in [0.717, 1.165) is 39.9 Å². The molecule has 8 nitrogen and oxygen atoms in total. The molecule has 0 aliphatic carbocycles. The lowest BCUT2D eigenvalue weighted by molar-refractivity contribution is -0.135. The molecule has 0 bridgehead atoms. The first-order valence-corrected chi connectivity index (χ1v) is 12.9. The number of hydrogen-bond acceptors (Lipinski definition) is 8. The molecule has 186 valence electrons. The van der Waals surface area contributed by atoms with Crippen molar-refractivity contribution in [3.05, 3.63) is 94.5 Å². The average Bonchev–Trinajstić information content (AvgIpc) is 3.48. The average molecular weight is 534 g/mol. The predicted molar refractivity (Wildman–Crippen MR) is 139 cm³/mol. The molecule has 3 atom stereocenters. The molecule has 1 saturated heterocycles. The second-order valence-corrected chi connectivity index (χ2v) is 10.4. The number of nitrogens with one attached hydrogen (secondary N) is 1. The second-order valence-electron chi connectivity index (χ2n) is 8.80. The molecule has 0 radical (unpaired) electrons. The summed E-state index contributed by atoms with van der Waals surface area (Å²) in [6.07, 6.45) is 0.0261. The maximum atomic E-state index is 12.3. The number of carbonyl (C=O) groups excluding carboxylic acids is 3. The van der Waals surface area contributed by atoms with Crippen LogP contribution in [0.3, 0.4) is 0 Å². The van der Waals surface area contributed by atoms with Crippen molar-refractivity contribution in [2.75, 3.05) is 0 Å². The van der Waals surface area contributed by atoms with Crippen LogP contribution >= 0.6 is 23.4 Å². The zero-order valence-electron chi connectivity index (χ0n) is 19.3. The van der Waals surface area contributed by atoms with Crippen LogP contribution in [-0.2, 0) is 9.59 Å². The van der Waals surface area contributed by atoms with Gasteiger partial charge in [0, 0.05) is 22.6 Å². The summed E-state index contributed by atoms with van der Waals surface area (Å²) in [5.41, 5.74) is 3.83. The maximum Gasteiger partial charge on any atom is 0.312 e. The monoisotopic (exact) mass is 533 g/mol. The molecule has 10 heteroatoms. The number of amides is 2. The van der Waals surface area contributed by atoms with E-state index in [9.17, 15) is 14.4 Å². The normalized spacial score (nSPS) is 22.0. The fraction of sp³-hybridized carbons (Fsp3) is 0.185. The Hall–Kier alpha value is -3.82. The Kier molecular flexibility index (Phi) is 6.10. The van der Waals surface area contributed by atoms with Crippen molar-refractivity contribution in [1.82, 2.24) is 10.3 Å². The SMILES string of the molecule is O=C(C[C@@H]1SC(=O)NC1=O)Oc1ccc([C@H]2Oc3ccc(Cl)cc3[C@@H]3CC(c4ccccc4)=NN23)cc1. The number of hydrogen-bond donors (Lipinski definition) is 1. The van der Waals surface area contributed by atoms with Gasteiger partial charge < -0.3 is 9.47 Å². The van der Waals surface area contributed by atoms with Crippen LogP contribution in [-0.4, -0.2) is 33.1 Å². The van der Waals surface area contributed by atoms with Crippen molar-refractivity contribution >= 4 is 46.2 Å². The first-order valence-electron chi connectivity index (χ1n) is 11.6. The van der Waals surface area contributed by atoms with Crippen LogP contribution in [0.15, 0.2) is 77.9 Å². The van der Waals surface area contributed by atoms with E-state index in [1.54, 1.807) is 18.2 Å². The number of carbonyl (C=O) groups is 3. The Morgan fingerprint density at radius 3 is 2.62 bits per heavy atom. The summed E-state index contributed by atoms with van der Waals surface area (Å²) in [4.78, 5) is 35.3. The van der Waals surface area contributed by atoms with Gasteiger partial charge in [0.15, 0.2) is 0 Å². The second kappa shape index (κ2) is 9.57. The van der Waals surface area contributed by atoms with Crippen molar-refractivity contribution in [2.45, 2.75) is 30.4 Å². The summed E-state index contributed by atoms with van der Waals surface area (Å²) < 4.78 is 11.8. The van der Waals surface area contributed by atoms with Gasteiger partial charge in [0.2, 0.25) is 12.1 Å². The zero-order valence-corrected chi connectivity index (χ0v) is 20.9. The molecule has 0 spiro atoms. The Balaban J connectivity index is 1.23. The van der Waals surface area contributed by atoms with Crippen molar-refractivity contribution in [3.63, 3.8) is 0 Å². The zero-order chi connectivity index (χ0) is 25.5. The van der Waals surface area contributed by atoms with Gasteiger partial charge in [-0.1, -0.05) is 53.7 Å². The maximum absolute atomic E-state index is 12.3. The van der Waals surface area contributed by atoms with Crippen molar-refractivity contribution in [3.8, 4) is 11.5 Å². The molecule has 2 amide bonds. The minimum atomic E-state index is -0.771. The van der Waals surface area contributed by atoms with E-state index in [2.05, 4.69) is 5.32 Å². The molecule has 37 heavy (non-hydrogen) atoms. The fourth-order valence-electron chi connectivity index (χ4n) is 4.64. The summed E-state index contributed by atoms with van der Waals surface area (Å²) in [6.45, 7) is 0. The number of benzene rings is 3. The summed E-state index contributed by atoms with van der Waals surface area (Å²) in [5, 5.41) is 8.46. The van der Waals surface area contributed by atoms with Gasteiger partial charge in [-0.05, 0) is 48.0 Å². The van der Waals surface area contributed by atoms with Gasteiger partial charge in [-0.25, -0.2) is 5.01 Å². The number of rotatable bonds is 5. The lowest BCUT2D eigenvalue weighted by atomic mass is 9.96. The highest BCUT2D eigenvalue weighted by Gasteiger charge is 2.41. The molecule has 3 aromatic rings. The van der Waals surface area contributed by atoms with Gasteiger partial charge in [0.1, 0.15) is 16.7 Å². The quantitative estimate of drug-likeness (QED) is 0.354. The Morgan fingerprint density at radius 1 is 1.11 bits per heavy atom. The summed E-state index contributed by atoms with van der Waals surface area (Å²) in [5.74, 6) is 0.0101. The van der Waals surface area contributed by atoms with E-state index in [0.29, 0.717) is 17.2 Å². The summed E-state index contributed by atoms with van der Waals surface area (Å²) in [6, 6.07) is 22.6. The van der Waals surface area contributed by atoms with Crippen molar-refractivity contribution in [2.24, 2.45) is 5.10 Å². The minimum absolute atomic E-state index is 0.0436. The third-order valence-electron chi connectivity index (χ3n) is 6.37. The van der Waals surface area contributed by atoms with Crippen LogP contribution in [0.5, 0.6) is 11.5 Å². The van der Waals surface area contributed by atoms with Crippen LogP contribution in [0.4, 0.5) is 4.79 Å². The first kappa shape index (κ1) is 23.6. The summed E-state index contributed by atoms with van der Waals surface area (Å²) >= 11 is 7.10. The smallest absolute Gasteiger partial charge is 0.312 e. The fourth-order valence-corrected chi connectivity index (χ4v) is 5.62. The van der Waals surface area contributed by atoms with E-state index < -0.39 is 28.6 Å². The van der Waals surface area contributed by atoms with Gasteiger partial charge in [-0.3, -0.25) is 19.7 Å². The number of thioether (sulfide) groups is 1. The topological polar surface area (TPSA) is 97.3 Å². The number of hydrazone groups is 1. The van der Waals surface area contributed by atoms with Crippen LogP contribution < -0.4 is 14.8 Å². The van der Waals surface area contributed by atoms with E-state index >= 15 is 0 Å². The standard InChI is InChI=1S/C27H20ClN3O5S/c28-17-8-11-22-19(12-17)21-13-20(15-4-2-1-3-5-15)30-31(21)26(36-22)16-6-9-18(10-7-16)35-24(32)14-23-25(33)29-27(34)37-23/h1-12,21,23,26H,13-14H2,(H,29,33,34)/t21-,23-,26+/m0/s1. The molecule has 1 N–H and O–H groups in total. The Bertz CT molecular complexity index is 1430. The first-order chi connectivity index (χ1) is 17.9. The molecule has 0 aromatic heterocycles. The van der Waals surface area contributed by atoms with Gasteiger partial charge in [-0.15, -0.1) is 0 Å². The number of fused-ring (bicyclic) bond motifs is 3. The molecule has 0 unspecified atom stereocenters. The van der Waals surface area contributed by atoms with Gasteiger partial charge in [0.05, 0.1) is 18.2 Å². The van der Waals surface area contributed by atoms with Crippen LogP contribution in [0, 0.1) is 0 Å². The number of nitrogens with zero attached hydrogens (tertiary/aromatic N) is 2. The number of esters is 1. The predicted octanol–water partition coefficient (Wildman–Crippen LogP) is 5.23. The third-order valence-corrected chi connectivity index (χ3v) is 7.59. The molecular formula is C27H20ClN3O5S. The van der Waals surface area contributed by atoms with E-state index in [1.165, 1.54) is 0 Å². The number of imide groups is 1. The van der Waals surface area contributed by atoms with Gasteiger partial charge >= 0.3 is 5.97 Å². The largest absolute Gasteiger partial charge is 0.464 e. The third kappa shape index (κ3) is 4.68. The van der Waals surface area contributed by atoms with Crippen LogP contribution in [0.25, 0.3) is 0 Å². The van der Waals surface area contributed by atoms with Crippen LogP contribution in [0.1, 0.15) is 41.8 Å². The molecule has 3 aliphatic rings. The van der Waals surface area contributed by atoms with E-state index in [1.807, 2.05) is 59.6 Å². The Labute approximate surface area is 221 Å². The van der Waals surface area contributed by atoms with Crippen LogP contribution in [0.2, 0.25) is 5.02 Å². The minimum Gasteiger partial charge on any atom is -0.464 e. The molecule has 3 heterocycles. The van der Waals surface area contributed by atoms with E-state index in [-0.39, 0.29) is 12.5 Å². The van der Waals surface area contributed by atoms with Gasteiger partial charge in [0.25, 0.3) is 5.24 Å². The number of halogens is 1. The number of ether oxygens (including phenoxy) is 2. The highest BCUT2D eigenvalue weighted by Crippen LogP contribution is 2.48. The van der Waals surface area contributed by atoms with Crippen molar-refractivity contribution < 1.29 is 23.9 Å².